The van der Waals surface area contributed by atoms with E-state index in [-0.39, 0.29) is 23.8 Å². The number of hydrogen-bond acceptors (Lipinski definition) is 2. The first-order valence-electron chi connectivity index (χ1n) is 3.05. The third-order valence-electron chi connectivity index (χ3n) is 0.986. The zero-order valence-corrected chi connectivity index (χ0v) is 8.29. The normalized spacial score (nSPS) is 15.6. The van der Waals surface area contributed by atoms with Gasteiger partial charge in [-0.15, -0.1) is 34.8 Å². The highest BCUT2D eigenvalue weighted by atomic mass is 35.5. The molecule has 0 unspecified atom stereocenters. The topological polar surface area (TPSA) is 26.3 Å². The largest absolute Gasteiger partial charge is 0.464 e. The summed E-state index contributed by atoms with van der Waals surface area (Å²) in [5.74, 6) is -0.120. The molecule has 0 aromatic heterocycles. The molecule has 0 aliphatic heterocycles. The van der Waals surface area contributed by atoms with E-state index in [9.17, 15) is 4.79 Å². The van der Waals surface area contributed by atoms with Crippen LogP contribution in [0.25, 0.3) is 0 Å². The highest BCUT2D eigenvalue weighted by Crippen LogP contribution is 2.11. The molecular formula is C6H9Cl3O2. The molecule has 0 aliphatic carbocycles. The second kappa shape index (κ2) is 5.92. The molecular weight excluding hydrogens is 210 g/mol. The molecule has 0 rings (SSSR count). The van der Waals surface area contributed by atoms with Crippen LogP contribution in [0.2, 0.25) is 0 Å². The molecule has 2 nitrogen and oxygen atoms in total. The van der Waals surface area contributed by atoms with E-state index in [2.05, 4.69) is 4.74 Å². The third-order valence-corrected chi connectivity index (χ3v) is 2.49. The predicted octanol–water partition coefficient (Wildman–Crippen LogP) is 2.00. The van der Waals surface area contributed by atoms with Crippen LogP contribution in [0, 0.1) is 0 Å². The van der Waals surface area contributed by atoms with E-state index in [1.165, 1.54) is 6.92 Å². The van der Waals surface area contributed by atoms with Gasteiger partial charge in [0.25, 0.3) is 0 Å². The number of esters is 1. The van der Waals surface area contributed by atoms with Gasteiger partial charge in [0.15, 0.2) is 0 Å². The summed E-state index contributed by atoms with van der Waals surface area (Å²) < 4.78 is 4.61. The number of halogens is 3. The molecule has 0 radical (unpaired) electrons. The second-order valence-corrected chi connectivity index (χ2v) is 3.42. The minimum atomic E-state index is -0.418. The summed E-state index contributed by atoms with van der Waals surface area (Å²) in [6.45, 7) is 1.42. The van der Waals surface area contributed by atoms with Crippen LogP contribution in [0.5, 0.6) is 0 Å². The molecule has 0 aromatic rings. The fourth-order valence-electron chi connectivity index (χ4n) is 0.398. The maximum Gasteiger partial charge on any atom is 0.302 e. The lowest BCUT2D eigenvalue weighted by molar-refractivity contribution is -0.140. The van der Waals surface area contributed by atoms with Crippen LogP contribution < -0.4 is 0 Å². The molecule has 66 valence electrons. The van der Waals surface area contributed by atoms with Crippen molar-refractivity contribution in [2.24, 2.45) is 0 Å². The number of rotatable bonds is 4. The molecule has 0 spiro atoms. The van der Waals surface area contributed by atoms with Crippen molar-refractivity contribution in [2.45, 2.75) is 17.7 Å². The fraction of sp³-hybridized carbons (Fsp3) is 0.833. The smallest absolute Gasteiger partial charge is 0.302 e. The van der Waals surface area contributed by atoms with Crippen LogP contribution in [0.3, 0.4) is 0 Å². The summed E-state index contributed by atoms with van der Waals surface area (Å²) in [6, 6.07) is 0. The Bertz CT molecular complexity index is 129. The Hall–Kier alpha value is 0.340. The van der Waals surface area contributed by atoms with Crippen LogP contribution in [0.1, 0.15) is 6.92 Å². The van der Waals surface area contributed by atoms with Crippen molar-refractivity contribution in [1.29, 1.82) is 0 Å². The van der Waals surface area contributed by atoms with Crippen molar-refractivity contribution < 1.29 is 9.53 Å². The van der Waals surface area contributed by atoms with Crippen LogP contribution in [-0.4, -0.2) is 29.2 Å². The highest BCUT2D eigenvalue weighted by Gasteiger charge is 2.16. The first-order valence-corrected chi connectivity index (χ1v) is 4.46. The SMILES string of the molecule is CC(=O)OC[C@@H](Cl)[C@H](Cl)CCl. The average molecular weight is 219 g/mol. The summed E-state index contributed by atoms with van der Waals surface area (Å²) in [6.07, 6.45) is 0. The maximum atomic E-state index is 10.3. The van der Waals surface area contributed by atoms with Crippen molar-refractivity contribution in [1.82, 2.24) is 0 Å². The van der Waals surface area contributed by atoms with Crippen molar-refractivity contribution in [3.8, 4) is 0 Å². The van der Waals surface area contributed by atoms with Gasteiger partial charge in [0.05, 0.1) is 10.8 Å². The van der Waals surface area contributed by atoms with Crippen molar-refractivity contribution >= 4 is 40.8 Å². The minimum absolute atomic E-state index is 0.109. The van der Waals surface area contributed by atoms with Gasteiger partial charge < -0.3 is 4.74 Å². The molecule has 0 bridgehead atoms. The lowest BCUT2D eigenvalue weighted by Gasteiger charge is -2.12. The zero-order valence-electron chi connectivity index (χ0n) is 6.02. The quantitative estimate of drug-likeness (QED) is 0.534. The first-order chi connectivity index (χ1) is 5.07. The fourth-order valence-corrected chi connectivity index (χ4v) is 0.929. The van der Waals surface area contributed by atoms with Gasteiger partial charge in [0.1, 0.15) is 6.61 Å². The third kappa shape index (κ3) is 5.59. The standard InChI is InChI=1S/C6H9Cl3O2/c1-4(10)11-3-6(9)5(8)2-7/h5-6H,2-3H2,1H3/t5-,6-/m1/s1. The van der Waals surface area contributed by atoms with E-state index in [0.29, 0.717) is 0 Å². The van der Waals surface area contributed by atoms with Crippen molar-refractivity contribution in [3.05, 3.63) is 0 Å². The van der Waals surface area contributed by atoms with Gasteiger partial charge in [-0.25, -0.2) is 0 Å². The molecule has 0 saturated carbocycles. The van der Waals surface area contributed by atoms with Crippen LogP contribution in [-0.2, 0) is 9.53 Å². The number of hydrogen-bond donors (Lipinski definition) is 0. The van der Waals surface area contributed by atoms with Gasteiger partial charge in [-0.3, -0.25) is 4.79 Å². The Morgan fingerprint density at radius 2 is 2.00 bits per heavy atom. The molecule has 0 fully saturated rings. The molecule has 0 N–H and O–H groups in total. The molecule has 11 heavy (non-hydrogen) atoms. The molecule has 0 aromatic carbocycles. The molecule has 2 atom stereocenters. The summed E-state index contributed by atoms with van der Waals surface area (Å²) in [5.41, 5.74) is 0. The molecule has 0 heterocycles. The maximum absolute atomic E-state index is 10.3. The summed E-state index contributed by atoms with van der Waals surface area (Å²) in [5, 5.41) is -0.782. The van der Waals surface area contributed by atoms with Crippen LogP contribution in [0.4, 0.5) is 0 Å². The van der Waals surface area contributed by atoms with E-state index in [4.69, 9.17) is 34.8 Å². The van der Waals surface area contributed by atoms with Crippen molar-refractivity contribution in [2.75, 3.05) is 12.5 Å². The number of ether oxygens (including phenoxy) is 1. The van der Waals surface area contributed by atoms with Crippen LogP contribution in [0.15, 0.2) is 0 Å². The Labute approximate surface area is 80.7 Å². The minimum Gasteiger partial charge on any atom is -0.464 e. The van der Waals surface area contributed by atoms with E-state index < -0.39 is 5.38 Å². The number of alkyl halides is 3. The molecule has 0 saturated heterocycles. The first kappa shape index (κ1) is 11.3. The Morgan fingerprint density at radius 3 is 2.36 bits per heavy atom. The second-order valence-electron chi connectivity index (χ2n) is 1.99. The van der Waals surface area contributed by atoms with Crippen molar-refractivity contribution in [3.63, 3.8) is 0 Å². The zero-order chi connectivity index (χ0) is 8.85. The number of carbonyl (C=O) groups excluding carboxylic acids is 1. The molecule has 0 amide bonds. The highest BCUT2D eigenvalue weighted by molar-refractivity contribution is 6.33. The van der Waals surface area contributed by atoms with E-state index in [1.807, 2.05) is 0 Å². The van der Waals surface area contributed by atoms with Gasteiger partial charge in [-0.05, 0) is 0 Å². The summed E-state index contributed by atoms with van der Waals surface area (Å²) in [7, 11) is 0. The van der Waals surface area contributed by atoms with Gasteiger partial charge in [-0.1, -0.05) is 0 Å². The lowest BCUT2D eigenvalue weighted by atomic mass is 10.3. The predicted molar refractivity (Wildman–Crippen MR) is 46.6 cm³/mol. The van der Waals surface area contributed by atoms with E-state index >= 15 is 0 Å². The summed E-state index contributed by atoms with van der Waals surface area (Å²) >= 11 is 16.7. The van der Waals surface area contributed by atoms with Gasteiger partial charge in [0.2, 0.25) is 0 Å². The lowest BCUT2D eigenvalue weighted by Crippen LogP contribution is -2.23. The summed E-state index contributed by atoms with van der Waals surface area (Å²) in [4.78, 5) is 10.3. The van der Waals surface area contributed by atoms with Gasteiger partial charge in [-0.2, -0.15) is 0 Å². The Morgan fingerprint density at radius 1 is 1.45 bits per heavy atom. The number of carbonyl (C=O) groups is 1. The molecule has 5 heteroatoms. The Balaban J connectivity index is 3.51. The van der Waals surface area contributed by atoms with E-state index in [0.717, 1.165) is 0 Å². The van der Waals surface area contributed by atoms with Gasteiger partial charge in [0, 0.05) is 12.8 Å². The van der Waals surface area contributed by atoms with Gasteiger partial charge >= 0.3 is 5.97 Å². The van der Waals surface area contributed by atoms with E-state index in [1.54, 1.807) is 0 Å². The average Bonchev–Trinajstić information content (AvgIpc) is 1.98. The molecule has 0 aliphatic rings. The Kier molecular flexibility index (Phi) is 6.11. The monoisotopic (exact) mass is 218 g/mol. The van der Waals surface area contributed by atoms with Crippen LogP contribution >= 0.6 is 34.8 Å².